The topological polar surface area (TPSA) is 85.6 Å². The van der Waals surface area contributed by atoms with Gasteiger partial charge < -0.3 is 4.74 Å². The summed E-state index contributed by atoms with van der Waals surface area (Å²) in [5.41, 5.74) is 3.25. The standard InChI is InChI=1S/C26H24N4O3/c1-2-3-16-30-26(32)23-15-8-7-14-22(23)24(29-30)25(31)28-27-18-19-10-9-13-21(17-19)33-20-11-5-4-6-12-20/h4-15,17-18H,2-3,16H2,1H3,(H,28,31)/b27-18+. The number of fused-ring (bicyclic) bond motifs is 1. The molecule has 0 atom stereocenters. The van der Waals surface area contributed by atoms with Crippen LogP contribution in [0.5, 0.6) is 11.5 Å². The van der Waals surface area contributed by atoms with Crippen molar-refractivity contribution >= 4 is 22.9 Å². The van der Waals surface area contributed by atoms with E-state index < -0.39 is 5.91 Å². The lowest BCUT2D eigenvalue weighted by atomic mass is 10.1. The first-order valence-corrected chi connectivity index (χ1v) is 10.8. The predicted octanol–water partition coefficient (Wildman–Crippen LogP) is 4.75. The Hall–Kier alpha value is -4.26. The number of rotatable bonds is 8. The number of amides is 1. The van der Waals surface area contributed by atoms with Crippen molar-refractivity contribution in [1.82, 2.24) is 15.2 Å². The number of ether oxygens (including phenoxy) is 1. The molecular weight excluding hydrogens is 416 g/mol. The van der Waals surface area contributed by atoms with Gasteiger partial charge in [0.1, 0.15) is 11.5 Å². The summed E-state index contributed by atoms with van der Waals surface area (Å²) in [5, 5.41) is 9.37. The summed E-state index contributed by atoms with van der Waals surface area (Å²) in [7, 11) is 0. The Morgan fingerprint density at radius 3 is 2.52 bits per heavy atom. The van der Waals surface area contributed by atoms with Crippen molar-refractivity contribution in [3.63, 3.8) is 0 Å². The van der Waals surface area contributed by atoms with Crippen LogP contribution >= 0.6 is 0 Å². The van der Waals surface area contributed by atoms with Crippen molar-refractivity contribution in [3.8, 4) is 11.5 Å². The fourth-order valence-electron chi connectivity index (χ4n) is 3.36. The third-order valence-corrected chi connectivity index (χ3v) is 5.02. The van der Waals surface area contributed by atoms with Crippen molar-refractivity contribution < 1.29 is 9.53 Å². The van der Waals surface area contributed by atoms with Gasteiger partial charge in [-0.15, -0.1) is 0 Å². The fourth-order valence-corrected chi connectivity index (χ4v) is 3.36. The molecule has 4 rings (SSSR count). The van der Waals surface area contributed by atoms with Gasteiger partial charge in [-0.25, -0.2) is 10.1 Å². The molecule has 0 aliphatic carbocycles. The number of hydrazone groups is 1. The lowest BCUT2D eigenvalue weighted by molar-refractivity contribution is 0.0949. The molecule has 7 heteroatoms. The van der Waals surface area contributed by atoms with Crippen LogP contribution in [0.15, 0.2) is 88.8 Å². The van der Waals surface area contributed by atoms with Gasteiger partial charge in [0.15, 0.2) is 5.69 Å². The number of carbonyl (C=O) groups is 1. The molecule has 0 bridgehead atoms. The number of hydrogen-bond donors (Lipinski definition) is 1. The Labute approximate surface area is 191 Å². The van der Waals surface area contributed by atoms with Gasteiger partial charge in [-0.2, -0.15) is 10.2 Å². The zero-order valence-corrected chi connectivity index (χ0v) is 18.3. The minimum atomic E-state index is -0.482. The second-order valence-electron chi connectivity index (χ2n) is 7.46. The van der Waals surface area contributed by atoms with E-state index in [1.807, 2.05) is 61.5 Å². The van der Waals surface area contributed by atoms with E-state index in [1.54, 1.807) is 24.3 Å². The van der Waals surface area contributed by atoms with Crippen LogP contribution < -0.4 is 15.7 Å². The second-order valence-corrected chi connectivity index (χ2v) is 7.46. The molecule has 0 fully saturated rings. The second kappa shape index (κ2) is 10.4. The minimum absolute atomic E-state index is 0.166. The number of unbranched alkanes of at least 4 members (excludes halogenated alkanes) is 1. The average molecular weight is 441 g/mol. The van der Waals surface area contributed by atoms with Crippen LogP contribution in [-0.2, 0) is 6.54 Å². The van der Waals surface area contributed by atoms with Crippen molar-refractivity contribution in [1.29, 1.82) is 0 Å². The summed E-state index contributed by atoms with van der Waals surface area (Å²) < 4.78 is 7.19. The molecule has 0 spiro atoms. The molecule has 0 aliphatic heterocycles. The zero-order chi connectivity index (χ0) is 23.0. The van der Waals surface area contributed by atoms with Crippen LogP contribution in [0.4, 0.5) is 0 Å². The lowest BCUT2D eigenvalue weighted by Gasteiger charge is -2.09. The molecule has 0 saturated carbocycles. The number of hydrogen-bond acceptors (Lipinski definition) is 5. The van der Waals surface area contributed by atoms with Gasteiger partial charge in [0.2, 0.25) is 0 Å². The average Bonchev–Trinajstić information content (AvgIpc) is 2.84. The Kier molecular flexibility index (Phi) is 6.90. The number of aryl methyl sites for hydroxylation is 1. The minimum Gasteiger partial charge on any atom is -0.457 e. The molecule has 1 amide bonds. The zero-order valence-electron chi connectivity index (χ0n) is 18.3. The summed E-state index contributed by atoms with van der Waals surface area (Å²) in [6, 6.07) is 23.8. The number of aromatic nitrogens is 2. The van der Waals surface area contributed by atoms with Crippen LogP contribution in [0.25, 0.3) is 10.8 Å². The van der Waals surface area contributed by atoms with E-state index in [9.17, 15) is 9.59 Å². The summed E-state index contributed by atoms with van der Waals surface area (Å²) in [4.78, 5) is 25.6. The SMILES string of the molecule is CCCCn1nc(C(=O)N/N=C/c2cccc(Oc3ccccc3)c2)c2ccccc2c1=O. The highest BCUT2D eigenvalue weighted by molar-refractivity contribution is 6.04. The van der Waals surface area contributed by atoms with Gasteiger partial charge in [0.25, 0.3) is 11.5 Å². The van der Waals surface area contributed by atoms with Crippen molar-refractivity contribution in [2.45, 2.75) is 26.3 Å². The number of benzene rings is 3. The van der Waals surface area contributed by atoms with E-state index in [0.29, 0.717) is 23.1 Å². The number of carbonyl (C=O) groups excluding carboxylic acids is 1. The van der Waals surface area contributed by atoms with Crippen LogP contribution in [0.1, 0.15) is 35.8 Å². The number of nitrogens with zero attached hydrogens (tertiary/aromatic N) is 3. The Bertz CT molecular complexity index is 1350. The molecule has 0 aliphatic rings. The highest BCUT2D eigenvalue weighted by atomic mass is 16.5. The third-order valence-electron chi connectivity index (χ3n) is 5.02. The Morgan fingerprint density at radius 1 is 1.00 bits per heavy atom. The first-order chi connectivity index (χ1) is 16.2. The maximum absolute atomic E-state index is 12.9. The van der Waals surface area contributed by atoms with Gasteiger partial charge in [0, 0.05) is 11.9 Å². The smallest absolute Gasteiger partial charge is 0.292 e. The molecule has 7 nitrogen and oxygen atoms in total. The summed E-state index contributed by atoms with van der Waals surface area (Å²) >= 11 is 0. The van der Waals surface area contributed by atoms with Crippen LogP contribution in [0, 0.1) is 0 Å². The molecule has 0 radical (unpaired) electrons. The molecule has 3 aromatic carbocycles. The molecule has 1 aromatic heterocycles. The van der Waals surface area contributed by atoms with E-state index in [4.69, 9.17) is 4.74 Å². The van der Waals surface area contributed by atoms with Crippen molar-refractivity contribution in [2.24, 2.45) is 5.10 Å². The molecule has 0 unspecified atom stereocenters. The van der Waals surface area contributed by atoms with Gasteiger partial charge in [-0.1, -0.05) is 61.9 Å². The molecule has 4 aromatic rings. The Morgan fingerprint density at radius 2 is 1.73 bits per heavy atom. The van der Waals surface area contributed by atoms with Gasteiger partial charge in [-0.05, 0) is 42.3 Å². The lowest BCUT2D eigenvalue weighted by Crippen LogP contribution is -2.29. The highest BCUT2D eigenvalue weighted by Crippen LogP contribution is 2.21. The monoisotopic (exact) mass is 440 g/mol. The molecule has 166 valence electrons. The normalized spacial score (nSPS) is 11.1. The molecule has 1 N–H and O–H groups in total. The first-order valence-electron chi connectivity index (χ1n) is 10.8. The molecular formula is C26H24N4O3. The largest absolute Gasteiger partial charge is 0.457 e. The fraction of sp³-hybridized carbons (Fsp3) is 0.154. The number of para-hydroxylation sites is 1. The van der Waals surface area contributed by atoms with Gasteiger partial charge in [0.05, 0.1) is 11.6 Å². The third kappa shape index (κ3) is 5.33. The summed E-state index contributed by atoms with van der Waals surface area (Å²) in [6.07, 6.45) is 3.25. The highest BCUT2D eigenvalue weighted by Gasteiger charge is 2.16. The van der Waals surface area contributed by atoms with Crippen LogP contribution in [0.3, 0.4) is 0 Å². The maximum atomic E-state index is 12.9. The van der Waals surface area contributed by atoms with Crippen LogP contribution in [0.2, 0.25) is 0 Å². The number of nitrogens with one attached hydrogen (secondary N) is 1. The summed E-state index contributed by atoms with van der Waals surface area (Å²) in [6.45, 7) is 2.49. The van der Waals surface area contributed by atoms with Crippen LogP contribution in [-0.4, -0.2) is 21.9 Å². The molecule has 0 saturated heterocycles. The molecule has 1 heterocycles. The first kappa shape index (κ1) is 22.0. The van der Waals surface area contributed by atoms with E-state index in [0.717, 1.165) is 24.2 Å². The van der Waals surface area contributed by atoms with Crippen molar-refractivity contribution in [2.75, 3.05) is 0 Å². The van der Waals surface area contributed by atoms with E-state index >= 15 is 0 Å². The van der Waals surface area contributed by atoms with E-state index in [2.05, 4.69) is 15.6 Å². The van der Waals surface area contributed by atoms with Gasteiger partial charge in [-0.3, -0.25) is 9.59 Å². The van der Waals surface area contributed by atoms with Crippen molar-refractivity contribution in [3.05, 3.63) is 100 Å². The maximum Gasteiger partial charge on any atom is 0.292 e. The molecule has 33 heavy (non-hydrogen) atoms. The Balaban J connectivity index is 1.53. The van der Waals surface area contributed by atoms with Gasteiger partial charge >= 0.3 is 0 Å². The summed E-state index contributed by atoms with van der Waals surface area (Å²) in [5.74, 6) is 0.910. The van der Waals surface area contributed by atoms with E-state index in [-0.39, 0.29) is 11.3 Å². The van der Waals surface area contributed by atoms with E-state index in [1.165, 1.54) is 10.9 Å². The quantitative estimate of drug-likeness (QED) is 0.316. The predicted molar refractivity (Wildman–Crippen MR) is 129 cm³/mol.